The summed E-state index contributed by atoms with van der Waals surface area (Å²) < 4.78 is 2.12. The predicted octanol–water partition coefficient (Wildman–Crippen LogP) is 1.44. The average molecular weight is 236 g/mol. The van der Waals surface area contributed by atoms with Crippen LogP contribution in [0.3, 0.4) is 0 Å². The van der Waals surface area contributed by atoms with Crippen molar-refractivity contribution in [1.82, 2.24) is 14.7 Å². The van der Waals surface area contributed by atoms with Crippen molar-refractivity contribution in [3.63, 3.8) is 0 Å². The van der Waals surface area contributed by atoms with E-state index in [1.165, 1.54) is 50.2 Å². The molecule has 0 bridgehead atoms. The van der Waals surface area contributed by atoms with Gasteiger partial charge in [0.25, 0.3) is 0 Å². The molecular formula is C13H24N4. The Morgan fingerprint density at radius 2 is 1.88 bits per heavy atom. The van der Waals surface area contributed by atoms with Crippen LogP contribution in [0.1, 0.15) is 36.2 Å². The van der Waals surface area contributed by atoms with E-state index in [0.717, 1.165) is 12.2 Å². The van der Waals surface area contributed by atoms with Crippen LogP contribution < -0.4 is 5.73 Å². The van der Waals surface area contributed by atoms with Gasteiger partial charge in [-0.25, -0.2) is 0 Å². The third-order valence-electron chi connectivity index (χ3n) is 3.78. The first-order chi connectivity index (χ1) is 8.22. The third kappa shape index (κ3) is 2.87. The van der Waals surface area contributed by atoms with Gasteiger partial charge in [0.2, 0.25) is 0 Å². The van der Waals surface area contributed by atoms with Crippen LogP contribution in [0.15, 0.2) is 0 Å². The number of likely N-dealkylation sites (tertiary alicyclic amines) is 1. The Balaban J connectivity index is 1.86. The summed E-state index contributed by atoms with van der Waals surface area (Å²) in [7, 11) is 0. The van der Waals surface area contributed by atoms with Crippen LogP contribution >= 0.6 is 0 Å². The second kappa shape index (κ2) is 5.65. The first-order valence-electron chi connectivity index (χ1n) is 6.67. The molecule has 0 saturated carbocycles. The van der Waals surface area contributed by atoms with E-state index >= 15 is 0 Å². The van der Waals surface area contributed by atoms with Gasteiger partial charge in [0.1, 0.15) is 0 Å². The van der Waals surface area contributed by atoms with Crippen molar-refractivity contribution in [3.8, 4) is 0 Å². The van der Waals surface area contributed by atoms with E-state index in [0.29, 0.717) is 6.54 Å². The molecule has 0 unspecified atom stereocenters. The molecule has 0 aliphatic carbocycles. The molecule has 96 valence electrons. The first-order valence-corrected chi connectivity index (χ1v) is 6.67. The quantitative estimate of drug-likeness (QED) is 0.841. The summed E-state index contributed by atoms with van der Waals surface area (Å²) in [5, 5.41) is 4.56. The Labute approximate surface area is 104 Å². The smallest absolute Gasteiger partial charge is 0.0641 e. The Hall–Kier alpha value is -0.870. The monoisotopic (exact) mass is 236 g/mol. The summed E-state index contributed by atoms with van der Waals surface area (Å²) in [6.07, 6.45) is 3.93. The Morgan fingerprint density at radius 3 is 2.47 bits per heavy atom. The molecule has 0 spiro atoms. The lowest BCUT2D eigenvalue weighted by Crippen LogP contribution is -2.21. The number of rotatable bonds is 5. The summed E-state index contributed by atoms with van der Waals surface area (Å²) in [5.41, 5.74) is 9.28. The van der Waals surface area contributed by atoms with Crippen LogP contribution in [-0.4, -0.2) is 34.3 Å². The minimum Gasteiger partial charge on any atom is -0.326 e. The first kappa shape index (κ1) is 12.6. The Morgan fingerprint density at radius 1 is 1.18 bits per heavy atom. The van der Waals surface area contributed by atoms with Crippen molar-refractivity contribution in [1.29, 1.82) is 0 Å². The van der Waals surface area contributed by atoms with Crippen LogP contribution in [-0.2, 0) is 13.1 Å². The highest BCUT2D eigenvalue weighted by atomic mass is 15.3. The van der Waals surface area contributed by atoms with E-state index < -0.39 is 0 Å². The fraction of sp³-hybridized carbons (Fsp3) is 0.769. The van der Waals surface area contributed by atoms with Gasteiger partial charge in [0.15, 0.2) is 0 Å². The van der Waals surface area contributed by atoms with Gasteiger partial charge in [0, 0.05) is 24.3 Å². The van der Waals surface area contributed by atoms with Gasteiger partial charge in [-0.3, -0.25) is 4.68 Å². The molecule has 4 heteroatoms. The molecule has 1 aromatic heterocycles. The van der Waals surface area contributed by atoms with Crippen molar-refractivity contribution in [2.24, 2.45) is 5.73 Å². The lowest BCUT2D eigenvalue weighted by Gasteiger charge is -2.14. The maximum Gasteiger partial charge on any atom is 0.0641 e. The molecule has 1 aliphatic heterocycles. The molecule has 1 aromatic rings. The topological polar surface area (TPSA) is 47.1 Å². The van der Waals surface area contributed by atoms with Gasteiger partial charge in [0.05, 0.1) is 5.69 Å². The Kier molecular flexibility index (Phi) is 4.18. The van der Waals surface area contributed by atoms with Gasteiger partial charge in [-0.2, -0.15) is 5.10 Å². The fourth-order valence-electron chi connectivity index (χ4n) is 2.70. The van der Waals surface area contributed by atoms with Crippen molar-refractivity contribution in [2.75, 3.05) is 19.6 Å². The second-order valence-corrected chi connectivity index (χ2v) is 4.98. The van der Waals surface area contributed by atoms with Crippen molar-refractivity contribution < 1.29 is 0 Å². The lowest BCUT2D eigenvalue weighted by molar-refractivity contribution is 0.321. The zero-order valence-electron chi connectivity index (χ0n) is 11.1. The van der Waals surface area contributed by atoms with Crippen LogP contribution in [0.4, 0.5) is 0 Å². The minimum absolute atomic E-state index is 0.601. The van der Waals surface area contributed by atoms with Gasteiger partial charge < -0.3 is 10.6 Å². The molecule has 0 radical (unpaired) electrons. The maximum atomic E-state index is 5.73. The third-order valence-corrected chi connectivity index (χ3v) is 3.78. The summed E-state index contributed by atoms with van der Waals surface area (Å²) >= 11 is 0. The van der Waals surface area contributed by atoms with Crippen molar-refractivity contribution >= 4 is 0 Å². The number of nitrogens with two attached hydrogens (primary N) is 1. The molecule has 2 heterocycles. The molecule has 17 heavy (non-hydrogen) atoms. The molecule has 0 amide bonds. The van der Waals surface area contributed by atoms with E-state index in [1.54, 1.807) is 0 Å². The fourth-order valence-corrected chi connectivity index (χ4v) is 2.70. The minimum atomic E-state index is 0.601. The predicted molar refractivity (Wildman–Crippen MR) is 69.9 cm³/mol. The van der Waals surface area contributed by atoms with Crippen LogP contribution in [0.25, 0.3) is 0 Å². The summed E-state index contributed by atoms with van der Waals surface area (Å²) in [6.45, 7) is 9.56. The largest absolute Gasteiger partial charge is 0.326 e. The Bertz CT molecular complexity index is 364. The van der Waals surface area contributed by atoms with E-state index in [-0.39, 0.29) is 0 Å². The van der Waals surface area contributed by atoms with Gasteiger partial charge in [-0.15, -0.1) is 0 Å². The van der Waals surface area contributed by atoms with Crippen molar-refractivity contribution in [2.45, 2.75) is 46.2 Å². The summed E-state index contributed by atoms with van der Waals surface area (Å²) in [4.78, 5) is 2.55. The summed E-state index contributed by atoms with van der Waals surface area (Å²) in [5.74, 6) is 0. The molecule has 2 rings (SSSR count). The molecule has 4 nitrogen and oxygen atoms in total. The lowest BCUT2D eigenvalue weighted by atomic mass is 10.2. The molecule has 0 aromatic carbocycles. The van der Waals surface area contributed by atoms with E-state index in [4.69, 9.17) is 5.73 Å². The zero-order chi connectivity index (χ0) is 12.3. The second-order valence-electron chi connectivity index (χ2n) is 4.98. The standard InChI is InChI=1S/C13H24N4/c1-11-13(10-14)12(2)17(15-11)9-5-8-16-6-3-4-7-16/h3-10,14H2,1-2H3. The number of aromatic nitrogens is 2. The highest BCUT2D eigenvalue weighted by molar-refractivity contribution is 5.23. The molecule has 0 atom stereocenters. The number of hydrogen-bond donors (Lipinski definition) is 1. The molecular weight excluding hydrogens is 212 g/mol. The number of hydrogen-bond acceptors (Lipinski definition) is 3. The van der Waals surface area contributed by atoms with Crippen molar-refractivity contribution in [3.05, 3.63) is 17.0 Å². The molecule has 1 fully saturated rings. The molecule has 1 saturated heterocycles. The number of aryl methyl sites for hydroxylation is 2. The zero-order valence-corrected chi connectivity index (χ0v) is 11.1. The molecule has 1 aliphatic rings. The van der Waals surface area contributed by atoms with Crippen LogP contribution in [0, 0.1) is 13.8 Å². The SMILES string of the molecule is Cc1nn(CCCN2CCCC2)c(C)c1CN. The maximum absolute atomic E-state index is 5.73. The van der Waals surface area contributed by atoms with E-state index in [1.807, 2.05) is 6.92 Å². The normalized spacial score (nSPS) is 16.9. The van der Waals surface area contributed by atoms with E-state index in [9.17, 15) is 0 Å². The van der Waals surface area contributed by atoms with Gasteiger partial charge >= 0.3 is 0 Å². The van der Waals surface area contributed by atoms with Crippen LogP contribution in [0.5, 0.6) is 0 Å². The van der Waals surface area contributed by atoms with Crippen LogP contribution in [0.2, 0.25) is 0 Å². The number of nitrogens with zero attached hydrogens (tertiary/aromatic N) is 3. The highest BCUT2D eigenvalue weighted by Crippen LogP contribution is 2.13. The summed E-state index contributed by atoms with van der Waals surface area (Å²) in [6, 6.07) is 0. The van der Waals surface area contributed by atoms with Gasteiger partial charge in [-0.05, 0) is 52.7 Å². The molecule has 2 N–H and O–H groups in total. The van der Waals surface area contributed by atoms with Gasteiger partial charge in [-0.1, -0.05) is 0 Å². The van der Waals surface area contributed by atoms with E-state index in [2.05, 4.69) is 21.6 Å². The average Bonchev–Trinajstić information content (AvgIpc) is 2.89. The highest BCUT2D eigenvalue weighted by Gasteiger charge is 2.12.